The Morgan fingerprint density at radius 3 is 2.44 bits per heavy atom. The third-order valence-electron chi connectivity index (χ3n) is 2.89. The first-order chi connectivity index (χ1) is 8.31. The van der Waals surface area contributed by atoms with E-state index in [2.05, 4.69) is 6.58 Å². The van der Waals surface area contributed by atoms with Gasteiger partial charge in [-0.3, -0.25) is 4.79 Å². The average molecular weight is 256 g/mol. The Bertz CT molecular complexity index is 297. The minimum atomic E-state index is -0.851. The van der Waals surface area contributed by atoms with E-state index in [1.54, 1.807) is 13.0 Å². The van der Waals surface area contributed by atoms with Crippen molar-refractivity contribution in [1.29, 1.82) is 0 Å². The van der Waals surface area contributed by atoms with Gasteiger partial charge in [0.05, 0.1) is 13.2 Å². The summed E-state index contributed by atoms with van der Waals surface area (Å²) in [4.78, 5) is 12.1. The molecule has 0 aromatic rings. The summed E-state index contributed by atoms with van der Waals surface area (Å²) >= 11 is 0. The molecule has 4 heteroatoms. The van der Waals surface area contributed by atoms with E-state index in [0.717, 1.165) is 6.42 Å². The fraction of sp³-hybridized carbons (Fsp3) is 0.786. The van der Waals surface area contributed by atoms with Gasteiger partial charge in [0.25, 0.3) is 0 Å². The fourth-order valence-corrected chi connectivity index (χ4v) is 1.95. The van der Waals surface area contributed by atoms with Crippen molar-refractivity contribution >= 4 is 5.97 Å². The molecular weight excluding hydrogens is 232 g/mol. The summed E-state index contributed by atoms with van der Waals surface area (Å²) in [5.41, 5.74) is -0.496. The molecule has 1 aliphatic heterocycles. The summed E-state index contributed by atoms with van der Waals surface area (Å²) in [6.45, 7) is 12.1. The lowest BCUT2D eigenvalue weighted by Crippen LogP contribution is -2.44. The first-order valence-electron chi connectivity index (χ1n) is 6.42. The Morgan fingerprint density at radius 1 is 1.44 bits per heavy atom. The molecule has 0 bridgehead atoms. The lowest BCUT2D eigenvalue weighted by Gasteiger charge is -2.33. The minimum Gasteiger partial charge on any atom is -0.460 e. The van der Waals surface area contributed by atoms with E-state index in [4.69, 9.17) is 14.2 Å². The van der Waals surface area contributed by atoms with Crippen molar-refractivity contribution < 1.29 is 19.0 Å². The quantitative estimate of drug-likeness (QED) is 0.560. The number of rotatable bonds is 5. The van der Waals surface area contributed by atoms with Gasteiger partial charge >= 0.3 is 5.97 Å². The largest absolute Gasteiger partial charge is 0.460 e. The fourth-order valence-electron chi connectivity index (χ4n) is 1.95. The van der Waals surface area contributed by atoms with Crippen LogP contribution in [0.5, 0.6) is 0 Å². The topological polar surface area (TPSA) is 44.8 Å². The second-order valence-corrected chi connectivity index (χ2v) is 5.59. The van der Waals surface area contributed by atoms with Crippen LogP contribution >= 0.6 is 0 Å². The van der Waals surface area contributed by atoms with Crippen molar-refractivity contribution in [3.63, 3.8) is 0 Å². The van der Waals surface area contributed by atoms with Crippen molar-refractivity contribution in [2.75, 3.05) is 13.2 Å². The van der Waals surface area contributed by atoms with Crippen LogP contribution in [0, 0.1) is 5.92 Å². The molecule has 1 fully saturated rings. The molecular formula is C14H24O4. The molecule has 1 unspecified atom stereocenters. The van der Waals surface area contributed by atoms with E-state index < -0.39 is 17.3 Å². The summed E-state index contributed by atoms with van der Waals surface area (Å²) in [6, 6.07) is 0. The summed E-state index contributed by atoms with van der Waals surface area (Å²) in [7, 11) is 0. The van der Waals surface area contributed by atoms with E-state index >= 15 is 0 Å². The Kier molecular flexibility index (Phi) is 4.93. The summed E-state index contributed by atoms with van der Waals surface area (Å²) in [6.07, 6.45) is 3.17. The Hall–Kier alpha value is -0.870. The lowest BCUT2D eigenvalue weighted by molar-refractivity contribution is -0.214. The third kappa shape index (κ3) is 3.82. The Morgan fingerprint density at radius 2 is 2.00 bits per heavy atom. The highest BCUT2D eigenvalue weighted by Crippen LogP contribution is 2.34. The molecule has 0 aromatic carbocycles. The van der Waals surface area contributed by atoms with Gasteiger partial charge in [-0.25, -0.2) is 0 Å². The van der Waals surface area contributed by atoms with Gasteiger partial charge in [0.2, 0.25) is 0 Å². The van der Waals surface area contributed by atoms with E-state index in [1.165, 1.54) is 0 Å². The molecule has 0 saturated carbocycles. The van der Waals surface area contributed by atoms with Crippen LogP contribution in [0.1, 0.15) is 40.5 Å². The molecule has 1 rings (SSSR count). The highest BCUT2D eigenvalue weighted by atomic mass is 16.7. The van der Waals surface area contributed by atoms with Gasteiger partial charge in [-0.1, -0.05) is 6.08 Å². The standard InChI is InChI=1S/C14H24O4/c1-6-7-8-14(16-9-10-17-14)11(2)12(15)18-13(3,4)5/h6,11H,1,7-10H2,2-5H3. The van der Waals surface area contributed by atoms with Gasteiger partial charge in [0.15, 0.2) is 5.79 Å². The first kappa shape index (κ1) is 15.2. The molecule has 0 aliphatic carbocycles. The lowest BCUT2D eigenvalue weighted by atomic mass is 9.95. The van der Waals surface area contributed by atoms with Gasteiger partial charge in [-0.05, 0) is 34.1 Å². The SMILES string of the molecule is C=CCCC1(C(C)C(=O)OC(C)(C)C)OCCO1. The van der Waals surface area contributed by atoms with Crippen molar-refractivity contribution in [3.8, 4) is 0 Å². The van der Waals surface area contributed by atoms with Crippen LogP contribution in [0.3, 0.4) is 0 Å². The van der Waals surface area contributed by atoms with Crippen LogP contribution < -0.4 is 0 Å². The van der Waals surface area contributed by atoms with Crippen LogP contribution in [-0.2, 0) is 19.0 Å². The predicted octanol–water partition coefficient (Wildman–Crippen LogP) is 2.67. The van der Waals surface area contributed by atoms with Gasteiger partial charge in [-0.15, -0.1) is 6.58 Å². The third-order valence-corrected chi connectivity index (χ3v) is 2.89. The zero-order valence-corrected chi connectivity index (χ0v) is 11.8. The number of ether oxygens (including phenoxy) is 3. The smallest absolute Gasteiger partial charge is 0.314 e. The molecule has 0 radical (unpaired) electrons. The van der Waals surface area contributed by atoms with E-state index in [-0.39, 0.29) is 5.97 Å². The molecule has 1 saturated heterocycles. The monoisotopic (exact) mass is 256 g/mol. The van der Waals surface area contributed by atoms with Crippen LogP contribution in [-0.4, -0.2) is 30.6 Å². The van der Waals surface area contributed by atoms with Gasteiger partial charge in [0.1, 0.15) is 11.5 Å². The van der Waals surface area contributed by atoms with E-state index in [9.17, 15) is 4.79 Å². The van der Waals surface area contributed by atoms with Gasteiger partial charge in [-0.2, -0.15) is 0 Å². The zero-order valence-electron chi connectivity index (χ0n) is 11.8. The average Bonchev–Trinajstić information content (AvgIpc) is 2.72. The van der Waals surface area contributed by atoms with Crippen LogP contribution in [0.4, 0.5) is 0 Å². The molecule has 0 N–H and O–H groups in total. The van der Waals surface area contributed by atoms with Crippen LogP contribution in [0.15, 0.2) is 12.7 Å². The predicted molar refractivity (Wildman–Crippen MR) is 69.1 cm³/mol. The zero-order chi connectivity index (χ0) is 13.8. The molecule has 1 aliphatic rings. The van der Waals surface area contributed by atoms with Crippen molar-refractivity contribution in [2.45, 2.75) is 51.9 Å². The molecule has 0 amide bonds. The van der Waals surface area contributed by atoms with Gasteiger partial charge in [0, 0.05) is 6.42 Å². The molecule has 4 nitrogen and oxygen atoms in total. The molecule has 1 heterocycles. The van der Waals surface area contributed by atoms with Crippen LogP contribution in [0.2, 0.25) is 0 Å². The Labute approximate surface area is 109 Å². The number of hydrogen-bond donors (Lipinski definition) is 0. The first-order valence-corrected chi connectivity index (χ1v) is 6.42. The molecule has 0 spiro atoms. The molecule has 104 valence electrons. The van der Waals surface area contributed by atoms with E-state index in [0.29, 0.717) is 19.6 Å². The summed E-state index contributed by atoms with van der Waals surface area (Å²) < 4.78 is 16.7. The van der Waals surface area contributed by atoms with Crippen molar-refractivity contribution in [2.24, 2.45) is 5.92 Å². The number of allylic oxidation sites excluding steroid dienone is 1. The maximum atomic E-state index is 12.1. The summed E-state index contributed by atoms with van der Waals surface area (Å²) in [5.74, 6) is -1.58. The summed E-state index contributed by atoms with van der Waals surface area (Å²) in [5, 5.41) is 0. The van der Waals surface area contributed by atoms with Crippen molar-refractivity contribution in [1.82, 2.24) is 0 Å². The highest BCUT2D eigenvalue weighted by Gasteiger charge is 2.46. The van der Waals surface area contributed by atoms with E-state index in [1.807, 2.05) is 20.8 Å². The van der Waals surface area contributed by atoms with Crippen LogP contribution in [0.25, 0.3) is 0 Å². The number of carbonyl (C=O) groups excluding carboxylic acids is 1. The number of esters is 1. The Balaban J connectivity index is 2.73. The number of carbonyl (C=O) groups is 1. The maximum Gasteiger partial charge on any atom is 0.314 e. The number of hydrogen-bond acceptors (Lipinski definition) is 4. The van der Waals surface area contributed by atoms with Crippen molar-refractivity contribution in [3.05, 3.63) is 12.7 Å². The second-order valence-electron chi connectivity index (χ2n) is 5.59. The molecule has 1 atom stereocenters. The highest BCUT2D eigenvalue weighted by molar-refractivity contribution is 5.73. The maximum absolute atomic E-state index is 12.1. The normalized spacial score (nSPS) is 20.4. The molecule has 18 heavy (non-hydrogen) atoms. The van der Waals surface area contributed by atoms with Gasteiger partial charge < -0.3 is 14.2 Å². The second kappa shape index (κ2) is 5.85. The molecule has 0 aromatic heterocycles. The minimum absolute atomic E-state index is 0.284.